The highest BCUT2D eigenvalue weighted by Gasteiger charge is 2.17. The van der Waals surface area contributed by atoms with Crippen molar-refractivity contribution in [2.75, 3.05) is 5.32 Å². The van der Waals surface area contributed by atoms with Gasteiger partial charge in [0.2, 0.25) is 0 Å². The van der Waals surface area contributed by atoms with Crippen LogP contribution in [0.15, 0.2) is 30.3 Å². The third kappa shape index (κ3) is 3.98. The lowest BCUT2D eigenvalue weighted by Gasteiger charge is -2.14. The van der Waals surface area contributed by atoms with Gasteiger partial charge in [0.1, 0.15) is 5.75 Å². The second-order valence-electron chi connectivity index (χ2n) is 5.04. The van der Waals surface area contributed by atoms with Gasteiger partial charge >= 0.3 is 0 Å². The lowest BCUT2D eigenvalue weighted by molar-refractivity contribution is -0.122. The highest BCUT2D eigenvalue weighted by molar-refractivity contribution is 6.32. The molecular formula is C15H18ClN3O2. The van der Waals surface area contributed by atoms with Crippen molar-refractivity contribution >= 4 is 23.3 Å². The van der Waals surface area contributed by atoms with Gasteiger partial charge in [0.25, 0.3) is 5.91 Å². The minimum absolute atomic E-state index is 0.281. The predicted octanol–water partition coefficient (Wildman–Crippen LogP) is 3.59. The molecule has 0 radical (unpaired) electrons. The number of halogens is 1. The Hall–Kier alpha value is -2.01. The second-order valence-corrected chi connectivity index (χ2v) is 5.45. The Labute approximate surface area is 128 Å². The summed E-state index contributed by atoms with van der Waals surface area (Å²) in [4.78, 5) is 12.1. The molecule has 1 unspecified atom stereocenters. The molecule has 0 saturated carbocycles. The van der Waals surface area contributed by atoms with Crippen LogP contribution in [0.2, 0.25) is 5.02 Å². The number of carbonyl (C=O) groups excluding carboxylic acids is 1. The molecule has 1 amide bonds. The molecule has 0 spiro atoms. The summed E-state index contributed by atoms with van der Waals surface area (Å²) in [6.07, 6.45) is -0.677. The zero-order chi connectivity index (χ0) is 15.4. The average molecular weight is 308 g/mol. The molecule has 0 bridgehead atoms. The van der Waals surface area contributed by atoms with Crippen LogP contribution in [0, 0.1) is 0 Å². The quantitative estimate of drug-likeness (QED) is 0.887. The standard InChI is InChI=1S/C15H18ClN3O2/c1-9(2)12-8-14(19-18-12)17-15(20)10(3)21-13-7-5-4-6-11(13)16/h4-10H,1-3H3,(H2,17,18,19,20). The topological polar surface area (TPSA) is 67.0 Å². The molecule has 0 aliphatic rings. The summed E-state index contributed by atoms with van der Waals surface area (Å²) in [7, 11) is 0. The highest BCUT2D eigenvalue weighted by atomic mass is 35.5. The number of rotatable bonds is 5. The van der Waals surface area contributed by atoms with Crippen LogP contribution in [0.4, 0.5) is 5.82 Å². The van der Waals surface area contributed by atoms with E-state index < -0.39 is 6.10 Å². The van der Waals surface area contributed by atoms with E-state index in [1.807, 2.05) is 19.9 Å². The van der Waals surface area contributed by atoms with E-state index in [4.69, 9.17) is 16.3 Å². The fourth-order valence-electron chi connectivity index (χ4n) is 1.71. The van der Waals surface area contributed by atoms with Crippen molar-refractivity contribution < 1.29 is 9.53 Å². The molecule has 2 rings (SSSR count). The highest BCUT2D eigenvalue weighted by Crippen LogP contribution is 2.24. The van der Waals surface area contributed by atoms with E-state index in [1.165, 1.54) is 0 Å². The van der Waals surface area contributed by atoms with Crippen molar-refractivity contribution in [2.24, 2.45) is 0 Å². The molecule has 1 heterocycles. The van der Waals surface area contributed by atoms with Gasteiger partial charge in [0.15, 0.2) is 11.9 Å². The third-order valence-electron chi connectivity index (χ3n) is 2.98. The Balaban J connectivity index is 1.97. The van der Waals surface area contributed by atoms with Gasteiger partial charge < -0.3 is 10.1 Å². The van der Waals surface area contributed by atoms with Crippen LogP contribution in [-0.2, 0) is 4.79 Å². The Bertz CT molecular complexity index is 625. The Morgan fingerprint density at radius 1 is 1.33 bits per heavy atom. The van der Waals surface area contributed by atoms with Gasteiger partial charge in [-0.2, -0.15) is 5.10 Å². The number of anilines is 1. The Morgan fingerprint density at radius 3 is 2.67 bits per heavy atom. The van der Waals surface area contributed by atoms with Crippen LogP contribution in [0.3, 0.4) is 0 Å². The molecule has 1 aromatic carbocycles. The Kier molecular flexibility index (Phi) is 4.85. The fourth-order valence-corrected chi connectivity index (χ4v) is 1.89. The molecule has 1 atom stereocenters. The largest absolute Gasteiger partial charge is 0.479 e. The van der Waals surface area contributed by atoms with Crippen molar-refractivity contribution in [3.63, 3.8) is 0 Å². The number of aromatic nitrogens is 2. The van der Waals surface area contributed by atoms with Crippen molar-refractivity contribution in [1.82, 2.24) is 10.2 Å². The number of aromatic amines is 1. The van der Waals surface area contributed by atoms with E-state index in [1.54, 1.807) is 31.2 Å². The smallest absolute Gasteiger partial charge is 0.266 e. The van der Waals surface area contributed by atoms with Crippen molar-refractivity contribution in [3.05, 3.63) is 41.0 Å². The number of benzene rings is 1. The molecule has 0 aliphatic carbocycles. The van der Waals surface area contributed by atoms with Gasteiger partial charge in [-0.3, -0.25) is 9.89 Å². The zero-order valence-electron chi connectivity index (χ0n) is 12.2. The predicted molar refractivity (Wildman–Crippen MR) is 82.8 cm³/mol. The van der Waals surface area contributed by atoms with Crippen LogP contribution in [0.1, 0.15) is 32.4 Å². The van der Waals surface area contributed by atoms with Gasteiger partial charge in [0.05, 0.1) is 5.02 Å². The summed E-state index contributed by atoms with van der Waals surface area (Å²) in [5.74, 6) is 1.00. The SMILES string of the molecule is CC(Oc1ccccc1Cl)C(=O)Nc1cc(C(C)C)[nH]n1. The molecule has 2 aromatic rings. The lowest BCUT2D eigenvalue weighted by atomic mass is 10.1. The summed E-state index contributed by atoms with van der Waals surface area (Å²) >= 11 is 6.00. The van der Waals surface area contributed by atoms with Crippen LogP contribution >= 0.6 is 11.6 Å². The lowest BCUT2D eigenvalue weighted by Crippen LogP contribution is -2.30. The number of para-hydroxylation sites is 1. The minimum Gasteiger partial charge on any atom is -0.479 e. The third-order valence-corrected chi connectivity index (χ3v) is 3.29. The summed E-state index contributed by atoms with van der Waals surface area (Å²) in [6, 6.07) is 8.85. The molecule has 112 valence electrons. The van der Waals surface area contributed by atoms with Gasteiger partial charge in [-0.25, -0.2) is 0 Å². The van der Waals surface area contributed by atoms with Gasteiger partial charge in [-0.15, -0.1) is 0 Å². The first-order valence-corrected chi connectivity index (χ1v) is 7.12. The first-order valence-electron chi connectivity index (χ1n) is 6.74. The number of H-pyrrole nitrogens is 1. The monoisotopic (exact) mass is 307 g/mol. The van der Waals surface area contributed by atoms with E-state index in [-0.39, 0.29) is 5.91 Å². The summed E-state index contributed by atoms with van der Waals surface area (Å²) in [5.41, 5.74) is 0.963. The summed E-state index contributed by atoms with van der Waals surface area (Å²) in [6.45, 7) is 5.75. The van der Waals surface area contributed by atoms with Crippen LogP contribution in [0.25, 0.3) is 0 Å². The number of nitrogens with one attached hydrogen (secondary N) is 2. The van der Waals surface area contributed by atoms with E-state index in [2.05, 4.69) is 15.5 Å². The summed E-state index contributed by atoms with van der Waals surface area (Å²) in [5, 5.41) is 10.1. The average Bonchev–Trinajstić information content (AvgIpc) is 2.90. The molecule has 0 saturated heterocycles. The van der Waals surface area contributed by atoms with Gasteiger partial charge in [-0.1, -0.05) is 37.6 Å². The fraction of sp³-hybridized carbons (Fsp3) is 0.333. The Morgan fingerprint density at radius 2 is 2.05 bits per heavy atom. The normalized spacial score (nSPS) is 12.2. The molecular weight excluding hydrogens is 290 g/mol. The van der Waals surface area contributed by atoms with Gasteiger partial charge in [0, 0.05) is 11.8 Å². The number of amides is 1. The number of carbonyl (C=O) groups is 1. The maximum atomic E-state index is 12.1. The molecule has 5 nitrogen and oxygen atoms in total. The molecule has 0 fully saturated rings. The first kappa shape index (κ1) is 15.4. The van der Waals surface area contributed by atoms with Crippen LogP contribution < -0.4 is 10.1 Å². The number of nitrogens with zero attached hydrogens (tertiary/aromatic N) is 1. The molecule has 6 heteroatoms. The molecule has 21 heavy (non-hydrogen) atoms. The summed E-state index contributed by atoms with van der Waals surface area (Å²) < 4.78 is 5.55. The van der Waals surface area contributed by atoms with E-state index in [9.17, 15) is 4.79 Å². The molecule has 2 N–H and O–H groups in total. The minimum atomic E-state index is -0.677. The van der Waals surface area contributed by atoms with Gasteiger partial charge in [-0.05, 0) is 25.0 Å². The zero-order valence-corrected chi connectivity index (χ0v) is 12.9. The molecule has 1 aromatic heterocycles. The maximum absolute atomic E-state index is 12.1. The number of hydrogen-bond acceptors (Lipinski definition) is 3. The van der Waals surface area contributed by atoms with E-state index in [0.29, 0.717) is 22.5 Å². The maximum Gasteiger partial charge on any atom is 0.266 e. The van der Waals surface area contributed by atoms with E-state index >= 15 is 0 Å². The molecule has 0 aliphatic heterocycles. The van der Waals surface area contributed by atoms with Crippen molar-refractivity contribution in [2.45, 2.75) is 32.8 Å². The number of ether oxygens (including phenoxy) is 1. The second kappa shape index (κ2) is 6.63. The first-order chi connectivity index (χ1) is 9.97. The van der Waals surface area contributed by atoms with E-state index in [0.717, 1.165) is 5.69 Å². The van der Waals surface area contributed by atoms with Crippen molar-refractivity contribution in [3.8, 4) is 5.75 Å². The van der Waals surface area contributed by atoms with Crippen LogP contribution in [0.5, 0.6) is 5.75 Å². The van der Waals surface area contributed by atoms with Crippen molar-refractivity contribution in [1.29, 1.82) is 0 Å². The number of hydrogen-bond donors (Lipinski definition) is 2. The van der Waals surface area contributed by atoms with Crippen LogP contribution in [-0.4, -0.2) is 22.2 Å².